The van der Waals surface area contributed by atoms with Gasteiger partial charge in [-0.05, 0) is 23.3 Å². The summed E-state index contributed by atoms with van der Waals surface area (Å²) in [6, 6.07) is 15.8. The second kappa shape index (κ2) is 8.26. The third-order valence-corrected chi connectivity index (χ3v) is 5.35. The van der Waals surface area contributed by atoms with Crippen LogP contribution in [0.25, 0.3) is 0 Å². The number of hydrogen-bond donors (Lipinski definition) is 2. The van der Waals surface area contributed by atoms with E-state index in [9.17, 15) is 4.79 Å². The van der Waals surface area contributed by atoms with Crippen LogP contribution in [0, 0.1) is 0 Å². The summed E-state index contributed by atoms with van der Waals surface area (Å²) >= 11 is 1.34. The summed E-state index contributed by atoms with van der Waals surface area (Å²) in [7, 11) is 0. The van der Waals surface area contributed by atoms with Crippen LogP contribution in [0.5, 0.6) is 11.5 Å². The second-order valence-electron chi connectivity index (χ2n) is 6.41. The Kier molecular flexibility index (Phi) is 5.38. The van der Waals surface area contributed by atoms with Crippen molar-refractivity contribution in [1.82, 2.24) is 15.5 Å². The van der Waals surface area contributed by atoms with E-state index < -0.39 is 0 Å². The largest absolute Gasteiger partial charge is 0.454 e. The van der Waals surface area contributed by atoms with E-state index >= 15 is 0 Å². The molecule has 0 saturated heterocycles. The second-order valence-corrected chi connectivity index (χ2v) is 7.51. The molecule has 0 saturated carbocycles. The van der Waals surface area contributed by atoms with Gasteiger partial charge in [-0.25, -0.2) is 0 Å². The van der Waals surface area contributed by atoms with Crippen molar-refractivity contribution in [2.75, 3.05) is 19.1 Å². The van der Waals surface area contributed by atoms with Gasteiger partial charge in [0.05, 0.1) is 0 Å². The average molecular weight is 396 g/mol. The number of ether oxygens (including phenoxy) is 2. The van der Waals surface area contributed by atoms with Crippen LogP contribution in [0.4, 0.5) is 5.13 Å². The van der Waals surface area contributed by atoms with E-state index in [1.165, 1.54) is 11.3 Å². The third kappa shape index (κ3) is 4.23. The van der Waals surface area contributed by atoms with Crippen LogP contribution in [0.3, 0.4) is 0 Å². The predicted octanol–water partition coefficient (Wildman–Crippen LogP) is 2.73. The zero-order chi connectivity index (χ0) is 19.3. The SMILES string of the molecule is Nc1nnc(CCNC(=O)C[C@@H](c2ccccc2)c2ccc3c(c2)OCO3)s1. The van der Waals surface area contributed by atoms with Gasteiger partial charge in [0.15, 0.2) is 11.5 Å². The molecule has 0 aliphatic carbocycles. The minimum atomic E-state index is -0.0760. The molecule has 28 heavy (non-hydrogen) atoms. The van der Waals surface area contributed by atoms with Gasteiger partial charge in [-0.15, -0.1) is 10.2 Å². The van der Waals surface area contributed by atoms with E-state index in [0.29, 0.717) is 30.3 Å². The van der Waals surface area contributed by atoms with Crippen LogP contribution in [0.15, 0.2) is 48.5 Å². The number of nitrogen functional groups attached to an aromatic ring is 1. The minimum Gasteiger partial charge on any atom is -0.454 e. The van der Waals surface area contributed by atoms with Gasteiger partial charge in [-0.2, -0.15) is 0 Å². The molecule has 2 heterocycles. The Labute approximate surface area is 166 Å². The number of benzene rings is 2. The fourth-order valence-electron chi connectivity index (χ4n) is 3.18. The molecule has 2 aromatic carbocycles. The number of nitrogens with two attached hydrogens (primary N) is 1. The number of rotatable bonds is 7. The maximum absolute atomic E-state index is 12.6. The number of carbonyl (C=O) groups is 1. The molecule has 1 aliphatic heterocycles. The van der Waals surface area contributed by atoms with Crippen molar-refractivity contribution in [2.45, 2.75) is 18.8 Å². The summed E-state index contributed by atoms with van der Waals surface area (Å²) in [5, 5.41) is 12.0. The Balaban J connectivity index is 1.45. The van der Waals surface area contributed by atoms with Crippen LogP contribution < -0.4 is 20.5 Å². The standard InChI is InChI=1S/C20H20N4O3S/c21-20-24-23-19(28-20)8-9-22-18(25)11-15(13-4-2-1-3-5-13)14-6-7-16-17(10-14)27-12-26-16/h1-7,10,15H,8-9,11-12H2,(H2,21,24)(H,22,25)/t15-/m0/s1. The highest BCUT2D eigenvalue weighted by molar-refractivity contribution is 7.15. The van der Waals surface area contributed by atoms with Gasteiger partial charge in [-0.1, -0.05) is 47.7 Å². The molecule has 3 aromatic rings. The molecule has 0 fully saturated rings. The van der Waals surface area contributed by atoms with Crippen LogP contribution in [-0.2, 0) is 11.2 Å². The summed E-state index contributed by atoms with van der Waals surface area (Å²) in [6.07, 6.45) is 0.947. The summed E-state index contributed by atoms with van der Waals surface area (Å²) in [4.78, 5) is 12.6. The van der Waals surface area contributed by atoms with E-state index in [1.807, 2.05) is 48.5 Å². The zero-order valence-electron chi connectivity index (χ0n) is 15.1. The van der Waals surface area contributed by atoms with E-state index in [2.05, 4.69) is 15.5 Å². The number of fused-ring (bicyclic) bond motifs is 1. The van der Waals surface area contributed by atoms with E-state index in [4.69, 9.17) is 15.2 Å². The van der Waals surface area contributed by atoms with Crippen molar-refractivity contribution in [1.29, 1.82) is 0 Å². The molecule has 3 N–H and O–H groups in total. The van der Waals surface area contributed by atoms with Gasteiger partial charge >= 0.3 is 0 Å². The van der Waals surface area contributed by atoms with Crippen molar-refractivity contribution in [3.05, 3.63) is 64.7 Å². The zero-order valence-corrected chi connectivity index (χ0v) is 15.9. The highest BCUT2D eigenvalue weighted by Crippen LogP contribution is 2.37. The number of carbonyl (C=O) groups excluding carboxylic acids is 1. The average Bonchev–Trinajstić information content (AvgIpc) is 3.35. The Morgan fingerprint density at radius 3 is 2.71 bits per heavy atom. The van der Waals surface area contributed by atoms with Gasteiger partial charge < -0.3 is 20.5 Å². The first kappa shape index (κ1) is 18.2. The lowest BCUT2D eigenvalue weighted by atomic mass is 9.88. The van der Waals surface area contributed by atoms with Crippen LogP contribution in [0.1, 0.15) is 28.5 Å². The van der Waals surface area contributed by atoms with Crippen molar-refractivity contribution in [2.24, 2.45) is 0 Å². The predicted molar refractivity (Wildman–Crippen MR) is 107 cm³/mol. The van der Waals surface area contributed by atoms with Crippen molar-refractivity contribution in [3.63, 3.8) is 0 Å². The van der Waals surface area contributed by atoms with Crippen molar-refractivity contribution < 1.29 is 14.3 Å². The van der Waals surface area contributed by atoms with Crippen LogP contribution in [-0.4, -0.2) is 29.4 Å². The van der Waals surface area contributed by atoms with Gasteiger partial charge in [0.1, 0.15) is 5.01 Å². The normalized spacial score (nSPS) is 13.3. The molecule has 8 heteroatoms. The topological polar surface area (TPSA) is 99.4 Å². The first-order valence-corrected chi connectivity index (χ1v) is 9.80. The number of nitrogens with zero attached hydrogens (tertiary/aromatic N) is 2. The molecule has 1 atom stereocenters. The fourth-order valence-corrected chi connectivity index (χ4v) is 3.79. The lowest BCUT2D eigenvalue weighted by Crippen LogP contribution is -2.27. The molecule has 7 nitrogen and oxygen atoms in total. The van der Waals surface area contributed by atoms with Gasteiger partial charge in [0.25, 0.3) is 0 Å². The van der Waals surface area contributed by atoms with Gasteiger partial charge in [0, 0.05) is 25.3 Å². The monoisotopic (exact) mass is 396 g/mol. The van der Waals surface area contributed by atoms with Crippen molar-refractivity contribution in [3.8, 4) is 11.5 Å². The molecule has 1 aliphatic rings. The van der Waals surface area contributed by atoms with Crippen LogP contribution in [0.2, 0.25) is 0 Å². The molecule has 4 rings (SSSR count). The number of hydrogen-bond acceptors (Lipinski definition) is 7. The molecule has 0 unspecified atom stereocenters. The molecular weight excluding hydrogens is 376 g/mol. The van der Waals surface area contributed by atoms with E-state index in [1.54, 1.807) is 0 Å². The lowest BCUT2D eigenvalue weighted by molar-refractivity contribution is -0.121. The van der Waals surface area contributed by atoms with E-state index in [-0.39, 0.29) is 18.6 Å². The number of aromatic nitrogens is 2. The first-order valence-electron chi connectivity index (χ1n) is 8.98. The molecule has 0 bridgehead atoms. The Morgan fingerprint density at radius 2 is 1.93 bits per heavy atom. The summed E-state index contributed by atoms with van der Waals surface area (Å²) in [5.41, 5.74) is 7.68. The van der Waals surface area contributed by atoms with Gasteiger partial charge in [0.2, 0.25) is 17.8 Å². The smallest absolute Gasteiger partial charge is 0.231 e. The van der Waals surface area contributed by atoms with E-state index in [0.717, 1.165) is 21.9 Å². The first-order chi connectivity index (χ1) is 13.7. The maximum Gasteiger partial charge on any atom is 0.231 e. The highest BCUT2D eigenvalue weighted by atomic mass is 32.1. The Morgan fingerprint density at radius 1 is 1.11 bits per heavy atom. The summed E-state index contributed by atoms with van der Waals surface area (Å²) < 4.78 is 10.9. The number of anilines is 1. The molecule has 0 spiro atoms. The number of nitrogens with one attached hydrogen (secondary N) is 1. The third-order valence-electron chi connectivity index (χ3n) is 4.53. The summed E-state index contributed by atoms with van der Waals surface area (Å²) in [5.74, 6) is 1.35. The molecular formula is C20H20N4O3S. The Bertz CT molecular complexity index is 961. The van der Waals surface area contributed by atoms with Crippen LogP contribution >= 0.6 is 11.3 Å². The highest BCUT2D eigenvalue weighted by Gasteiger charge is 2.21. The van der Waals surface area contributed by atoms with Gasteiger partial charge in [-0.3, -0.25) is 4.79 Å². The maximum atomic E-state index is 12.6. The summed E-state index contributed by atoms with van der Waals surface area (Å²) in [6.45, 7) is 0.724. The molecule has 0 radical (unpaired) electrons. The lowest BCUT2D eigenvalue weighted by Gasteiger charge is -2.18. The fraction of sp³-hybridized carbons (Fsp3) is 0.250. The molecule has 1 amide bonds. The quantitative estimate of drug-likeness (QED) is 0.637. The molecule has 1 aromatic heterocycles. The number of amides is 1. The molecule has 144 valence electrons. The Hall–Kier alpha value is -3.13. The van der Waals surface area contributed by atoms with Crippen molar-refractivity contribution >= 4 is 22.4 Å². The minimum absolute atomic E-state index is 0.0241.